The van der Waals surface area contributed by atoms with E-state index in [0.29, 0.717) is 5.75 Å². The second-order valence-electron chi connectivity index (χ2n) is 5.22. The molecule has 1 aromatic rings. The van der Waals surface area contributed by atoms with Crippen LogP contribution < -0.4 is 15.4 Å². The van der Waals surface area contributed by atoms with Gasteiger partial charge in [0.2, 0.25) is 5.91 Å². The normalized spacial score (nSPS) is 18.6. The van der Waals surface area contributed by atoms with Gasteiger partial charge in [-0.25, -0.2) is 9.59 Å². The molecule has 1 aliphatic heterocycles. The molecule has 1 fully saturated rings. The monoisotopic (exact) mass is 394 g/mol. The van der Waals surface area contributed by atoms with Gasteiger partial charge in [-0.1, -0.05) is 30.0 Å². The predicted molar refractivity (Wildman–Crippen MR) is 95.5 cm³/mol. The predicted octanol–water partition coefficient (Wildman–Crippen LogP) is -0.0308. The van der Waals surface area contributed by atoms with Crippen LogP contribution in [-0.4, -0.2) is 56.0 Å². The SMILES string of the molecule is COC(=O)/C=C(/S[C@H]1NC(=O)[C@H]1NC(=O)COc1ccccc1)C(=O)OC. The number of ether oxygens (including phenoxy) is 3. The molecule has 9 nitrogen and oxygen atoms in total. The van der Waals surface area contributed by atoms with Crippen molar-refractivity contribution in [2.24, 2.45) is 0 Å². The van der Waals surface area contributed by atoms with E-state index in [-0.39, 0.29) is 11.5 Å². The minimum atomic E-state index is -0.882. The number of methoxy groups -OCH3 is 2. The van der Waals surface area contributed by atoms with Gasteiger partial charge in [-0.15, -0.1) is 0 Å². The first-order valence-corrected chi connectivity index (χ1v) is 8.64. The summed E-state index contributed by atoms with van der Waals surface area (Å²) in [4.78, 5) is 46.8. The molecule has 0 radical (unpaired) electrons. The van der Waals surface area contributed by atoms with Crippen LogP contribution in [0.2, 0.25) is 0 Å². The lowest BCUT2D eigenvalue weighted by Crippen LogP contribution is -2.68. The van der Waals surface area contributed by atoms with Crippen molar-refractivity contribution >= 4 is 35.5 Å². The highest BCUT2D eigenvalue weighted by atomic mass is 32.2. The Morgan fingerprint density at radius 3 is 2.48 bits per heavy atom. The number of esters is 2. The Labute approximate surface area is 159 Å². The minimum Gasteiger partial charge on any atom is -0.484 e. The fourth-order valence-electron chi connectivity index (χ4n) is 2.02. The van der Waals surface area contributed by atoms with Gasteiger partial charge in [0, 0.05) is 6.08 Å². The Bertz CT molecular complexity index is 751. The molecule has 1 aromatic carbocycles. The maximum absolute atomic E-state index is 12.0. The van der Waals surface area contributed by atoms with Gasteiger partial charge < -0.3 is 24.8 Å². The lowest BCUT2D eigenvalue weighted by molar-refractivity contribution is -0.137. The molecule has 2 N–H and O–H groups in total. The summed E-state index contributed by atoms with van der Waals surface area (Å²) in [5, 5.41) is 4.42. The maximum atomic E-state index is 12.0. The molecule has 10 heteroatoms. The molecule has 1 heterocycles. The summed E-state index contributed by atoms with van der Waals surface area (Å²) in [5.74, 6) is -1.90. The van der Waals surface area contributed by atoms with Gasteiger partial charge in [-0.2, -0.15) is 0 Å². The summed E-state index contributed by atoms with van der Waals surface area (Å²) >= 11 is 0.874. The second-order valence-corrected chi connectivity index (χ2v) is 6.40. The van der Waals surface area contributed by atoms with Gasteiger partial charge in [-0.05, 0) is 12.1 Å². The van der Waals surface area contributed by atoms with Crippen LogP contribution in [0.15, 0.2) is 41.3 Å². The summed E-state index contributed by atoms with van der Waals surface area (Å²) in [5.41, 5.74) is 0. The van der Waals surface area contributed by atoms with E-state index in [1.807, 2.05) is 6.07 Å². The Morgan fingerprint density at radius 1 is 1.19 bits per heavy atom. The molecule has 2 rings (SSSR count). The van der Waals surface area contributed by atoms with Gasteiger partial charge in [0.05, 0.1) is 14.2 Å². The summed E-state index contributed by atoms with van der Waals surface area (Å²) in [6, 6.07) is 7.86. The van der Waals surface area contributed by atoms with Gasteiger partial charge >= 0.3 is 11.9 Å². The molecular formula is C17H18N2O7S. The highest BCUT2D eigenvalue weighted by Crippen LogP contribution is 2.28. The number of hydrogen-bond acceptors (Lipinski definition) is 8. The van der Waals surface area contributed by atoms with Gasteiger partial charge in [0.15, 0.2) is 6.61 Å². The molecule has 0 unspecified atom stereocenters. The molecule has 0 spiro atoms. The minimum absolute atomic E-state index is 0.0610. The number of carbonyl (C=O) groups is 4. The topological polar surface area (TPSA) is 120 Å². The van der Waals surface area contributed by atoms with Gasteiger partial charge in [0.1, 0.15) is 22.1 Å². The fraction of sp³-hybridized carbons (Fsp3) is 0.294. The first-order valence-electron chi connectivity index (χ1n) is 7.76. The van der Waals surface area contributed by atoms with E-state index in [1.54, 1.807) is 24.3 Å². The number of benzene rings is 1. The zero-order valence-electron chi connectivity index (χ0n) is 14.6. The van der Waals surface area contributed by atoms with E-state index in [4.69, 9.17) is 4.74 Å². The molecule has 1 saturated heterocycles. The number of nitrogens with one attached hydrogen (secondary N) is 2. The van der Waals surface area contributed by atoms with Crippen molar-refractivity contribution < 1.29 is 33.4 Å². The molecule has 0 bridgehead atoms. The number of hydrogen-bond donors (Lipinski definition) is 2. The summed E-state index contributed by atoms with van der Waals surface area (Å²) in [7, 11) is 2.33. The van der Waals surface area contributed by atoms with Crippen molar-refractivity contribution in [3.63, 3.8) is 0 Å². The molecule has 27 heavy (non-hydrogen) atoms. The number of β-lactam (4-membered cyclic amide) rings is 1. The van der Waals surface area contributed by atoms with E-state index in [9.17, 15) is 19.2 Å². The lowest BCUT2D eigenvalue weighted by atomic mass is 10.1. The highest BCUT2D eigenvalue weighted by Gasteiger charge is 2.42. The van der Waals surface area contributed by atoms with E-state index in [1.165, 1.54) is 7.11 Å². The number of rotatable bonds is 8. The van der Waals surface area contributed by atoms with E-state index >= 15 is 0 Å². The molecule has 0 aromatic heterocycles. The molecule has 0 saturated carbocycles. The van der Waals surface area contributed by atoms with Crippen LogP contribution in [0.3, 0.4) is 0 Å². The van der Waals surface area contributed by atoms with E-state index in [2.05, 4.69) is 20.1 Å². The molecule has 1 aliphatic rings. The van der Waals surface area contributed by atoms with Crippen LogP contribution in [0, 0.1) is 0 Å². The number of amides is 2. The van der Waals surface area contributed by atoms with Crippen LogP contribution in [-0.2, 0) is 28.7 Å². The summed E-state index contributed by atoms with van der Waals surface area (Å²) < 4.78 is 14.4. The Balaban J connectivity index is 1.93. The zero-order chi connectivity index (χ0) is 19.8. The van der Waals surface area contributed by atoms with Crippen LogP contribution in [0.25, 0.3) is 0 Å². The average molecular weight is 394 g/mol. The van der Waals surface area contributed by atoms with Crippen LogP contribution in [0.4, 0.5) is 0 Å². The molecular weight excluding hydrogens is 376 g/mol. The standard InChI is InChI=1S/C17H18N2O7S/c1-24-13(21)8-11(17(23)25-2)27-16-14(15(22)19-16)18-12(20)9-26-10-6-4-3-5-7-10/h3-8,14,16H,9H2,1-2H3,(H,18,20)(H,19,22)/b11-8+/t14-,16-/m1/s1. The third kappa shape index (κ3) is 5.74. The first kappa shape index (κ1) is 20.3. The third-order valence-electron chi connectivity index (χ3n) is 3.39. The van der Waals surface area contributed by atoms with Gasteiger partial charge in [-0.3, -0.25) is 9.59 Å². The average Bonchev–Trinajstić information content (AvgIpc) is 2.69. The van der Waals surface area contributed by atoms with E-state index < -0.39 is 35.2 Å². The zero-order valence-corrected chi connectivity index (χ0v) is 15.4. The maximum Gasteiger partial charge on any atom is 0.344 e. The van der Waals surface area contributed by atoms with Crippen LogP contribution in [0.1, 0.15) is 0 Å². The molecule has 2 atom stereocenters. The van der Waals surface area contributed by atoms with Crippen LogP contribution in [0.5, 0.6) is 5.75 Å². The smallest absolute Gasteiger partial charge is 0.344 e. The van der Waals surface area contributed by atoms with E-state index in [0.717, 1.165) is 24.9 Å². The number of carbonyl (C=O) groups excluding carboxylic acids is 4. The van der Waals surface area contributed by atoms with Gasteiger partial charge in [0.25, 0.3) is 5.91 Å². The second kappa shape index (κ2) is 9.62. The number of thioether (sulfide) groups is 1. The van der Waals surface area contributed by atoms with Crippen molar-refractivity contribution in [2.45, 2.75) is 11.4 Å². The largest absolute Gasteiger partial charge is 0.484 e. The number of para-hydroxylation sites is 1. The quantitative estimate of drug-likeness (QED) is 0.358. The Hall–Kier alpha value is -3.01. The molecule has 2 amide bonds. The summed E-state index contributed by atoms with van der Waals surface area (Å²) in [6.07, 6.45) is 0.957. The van der Waals surface area contributed by atoms with Crippen molar-refractivity contribution in [1.29, 1.82) is 0 Å². The molecule has 0 aliphatic carbocycles. The fourth-order valence-corrected chi connectivity index (χ4v) is 3.14. The Kier molecular flexibility index (Phi) is 7.24. The van der Waals surface area contributed by atoms with Crippen molar-refractivity contribution in [3.05, 3.63) is 41.3 Å². The summed E-state index contributed by atoms with van der Waals surface area (Å²) in [6.45, 7) is -0.271. The highest BCUT2D eigenvalue weighted by molar-refractivity contribution is 8.04. The van der Waals surface area contributed by atoms with Crippen molar-refractivity contribution in [1.82, 2.24) is 10.6 Å². The Morgan fingerprint density at radius 2 is 1.89 bits per heavy atom. The third-order valence-corrected chi connectivity index (χ3v) is 4.57. The van der Waals surface area contributed by atoms with Crippen molar-refractivity contribution in [2.75, 3.05) is 20.8 Å². The van der Waals surface area contributed by atoms with Crippen molar-refractivity contribution in [3.8, 4) is 5.75 Å². The first-order chi connectivity index (χ1) is 12.9. The molecule has 144 valence electrons. The van der Waals surface area contributed by atoms with Crippen LogP contribution >= 0.6 is 11.8 Å². The lowest BCUT2D eigenvalue weighted by Gasteiger charge is -2.36.